The molecule has 8 nitrogen and oxygen atoms in total. The van der Waals surface area contributed by atoms with Crippen LogP contribution in [0.2, 0.25) is 5.02 Å². The summed E-state index contributed by atoms with van der Waals surface area (Å²) in [6.45, 7) is 0.138. The predicted octanol–water partition coefficient (Wildman–Crippen LogP) is 4.38. The van der Waals surface area contributed by atoms with E-state index in [1.807, 2.05) is 12.1 Å². The number of aliphatic hydroxyl groups excluding tert-OH is 1. The van der Waals surface area contributed by atoms with Gasteiger partial charge in [0, 0.05) is 25.0 Å². The Kier molecular flexibility index (Phi) is 6.93. The smallest absolute Gasteiger partial charge is 0.295 e. The lowest BCUT2D eigenvalue weighted by Gasteiger charge is -2.25. The van der Waals surface area contributed by atoms with Gasteiger partial charge >= 0.3 is 0 Å². The number of nitrogens with zero attached hydrogens (tertiary/aromatic N) is 2. The molecule has 0 radical (unpaired) electrons. The third-order valence-corrected chi connectivity index (χ3v) is 6.10. The third-order valence-electron chi connectivity index (χ3n) is 5.80. The summed E-state index contributed by atoms with van der Waals surface area (Å²) >= 11 is 6.21. The highest BCUT2D eigenvalue weighted by atomic mass is 35.5. The maximum absolute atomic E-state index is 13.3. The molecule has 1 unspecified atom stereocenters. The van der Waals surface area contributed by atoms with Crippen LogP contribution in [0.4, 0.5) is 0 Å². The summed E-state index contributed by atoms with van der Waals surface area (Å²) in [6.07, 6.45) is 3.13. The first-order valence-electron chi connectivity index (χ1n) is 10.6. The number of pyridine rings is 1. The summed E-state index contributed by atoms with van der Waals surface area (Å²) in [4.78, 5) is 32.0. The lowest BCUT2D eigenvalue weighted by Crippen LogP contribution is -2.29. The summed E-state index contributed by atoms with van der Waals surface area (Å²) < 4.78 is 15.9. The van der Waals surface area contributed by atoms with Gasteiger partial charge in [0.05, 0.1) is 43.5 Å². The van der Waals surface area contributed by atoms with Gasteiger partial charge in [-0.15, -0.1) is 0 Å². The molecular formula is C26H23ClN2O6. The summed E-state index contributed by atoms with van der Waals surface area (Å²) in [5, 5.41) is 11.7. The van der Waals surface area contributed by atoms with Crippen LogP contribution in [0.3, 0.4) is 0 Å². The molecule has 1 fully saturated rings. The van der Waals surface area contributed by atoms with Crippen molar-refractivity contribution in [3.8, 4) is 17.2 Å². The number of aliphatic hydroxyl groups is 1. The number of aromatic nitrogens is 1. The number of likely N-dealkylation sites (tertiary alicyclic amines) is 1. The summed E-state index contributed by atoms with van der Waals surface area (Å²) in [7, 11) is 4.41. The van der Waals surface area contributed by atoms with Crippen LogP contribution in [0.1, 0.15) is 22.7 Å². The van der Waals surface area contributed by atoms with Gasteiger partial charge in [-0.05, 0) is 41.5 Å². The minimum Gasteiger partial charge on any atom is -0.507 e. The number of amides is 1. The molecule has 0 bridgehead atoms. The van der Waals surface area contributed by atoms with Crippen molar-refractivity contribution in [3.05, 3.63) is 88.2 Å². The number of ketones is 1. The highest BCUT2D eigenvalue weighted by molar-refractivity contribution is 6.46. The van der Waals surface area contributed by atoms with Gasteiger partial charge in [-0.3, -0.25) is 14.6 Å². The molecule has 3 aromatic rings. The lowest BCUT2D eigenvalue weighted by atomic mass is 9.95. The van der Waals surface area contributed by atoms with Gasteiger partial charge in [0.2, 0.25) is 0 Å². The fourth-order valence-electron chi connectivity index (χ4n) is 4.05. The van der Waals surface area contributed by atoms with Crippen LogP contribution >= 0.6 is 11.6 Å². The number of carbonyl (C=O) groups excluding carboxylic acids is 2. The van der Waals surface area contributed by atoms with E-state index >= 15 is 0 Å². The van der Waals surface area contributed by atoms with Gasteiger partial charge in [0.25, 0.3) is 11.7 Å². The lowest BCUT2D eigenvalue weighted by molar-refractivity contribution is -0.140. The van der Waals surface area contributed by atoms with E-state index in [1.165, 1.54) is 31.3 Å². The van der Waals surface area contributed by atoms with Crippen molar-refractivity contribution in [2.24, 2.45) is 0 Å². The van der Waals surface area contributed by atoms with Crippen LogP contribution in [0, 0.1) is 0 Å². The van der Waals surface area contributed by atoms with Crippen molar-refractivity contribution in [2.75, 3.05) is 21.3 Å². The largest absolute Gasteiger partial charge is 0.507 e. The molecule has 1 amide bonds. The second-order valence-electron chi connectivity index (χ2n) is 7.74. The number of hydrogen-bond donors (Lipinski definition) is 1. The van der Waals surface area contributed by atoms with Crippen molar-refractivity contribution in [1.29, 1.82) is 0 Å². The van der Waals surface area contributed by atoms with Gasteiger partial charge in [-0.2, -0.15) is 0 Å². The molecule has 1 aliphatic heterocycles. The van der Waals surface area contributed by atoms with Crippen molar-refractivity contribution in [3.63, 3.8) is 0 Å². The number of hydrogen-bond acceptors (Lipinski definition) is 7. The van der Waals surface area contributed by atoms with E-state index in [9.17, 15) is 14.7 Å². The van der Waals surface area contributed by atoms with Crippen LogP contribution in [-0.2, 0) is 16.1 Å². The molecule has 4 rings (SSSR count). The fraction of sp³-hybridized carbons (Fsp3) is 0.192. The van der Waals surface area contributed by atoms with E-state index in [1.54, 1.807) is 43.8 Å². The second-order valence-corrected chi connectivity index (χ2v) is 8.15. The van der Waals surface area contributed by atoms with E-state index in [4.69, 9.17) is 25.8 Å². The number of halogens is 1. The number of rotatable bonds is 7. The Hall–Kier alpha value is -4.04. The number of benzene rings is 2. The topological polar surface area (TPSA) is 98.2 Å². The van der Waals surface area contributed by atoms with Crippen molar-refractivity contribution in [2.45, 2.75) is 12.6 Å². The molecule has 0 spiro atoms. The van der Waals surface area contributed by atoms with E-state index < -0.39 is 23.5 Å². The highest BCUT2D eigenvalue weighted by Crippen LogP contribution is 2.43. The molecular weight excluding hydrogens is 472 g/mol. The average Bonchev–Trinajstić information content (AvgIpc) is 3.14. The number of Topliss-reactive ketones (excluding diaryl/α,β-unsaturated/α-hetero) is 1. The van der Waals surface area contributed by atoms with Crippen LogP contribution in [-0.4, -0.2) is 48.0 Å². The zero-order chi connectivity index (χ0) is 25.1. The van der Waals surface area contributed by atoms with Gasteiger partial charge in [0.15, 0.2) is 0 Å². The van der Waals surface area contributed by atoms with Gasteiger partial charge in [-0.25, -0.2) is 0 Å². The summed E-state index contributed by atoms with van der Waals surface area (Å²) in [5.41, 5.74) is 1.51. The molecule has 35 heavy (non-hydrogen) atoms. The molecule has 9 heteroatoms. The van der Waals surface area contributed by atoms with Crippen molar-refractivity contribution >= 4 is 29.1 Å². The summed E-state index contributed by atoms with van der Waals surface area (Å²) in [5.74, 6) is -0.762. The highest BCUT2D eigenvalue weighted by Gasteiger charge is 2.46. The van der Waals surface area contributed by atoms with E-state index in [-0.39, 0.29) is 34.2 Å². The van der Waals surface area contributed by atoms with E-state index in [2.05, 4.69) is 4.98 Å². The van der Waals surface area contributed by atoms with E-state index in [0.717, 1.165) is 5.56 Å². The standard InChI is InChI=1S/C26H23ClN2O6/c1-33-17-6-4-15(5-7-17)14-29-23(16-8-10-28-11-9-16)22(25(31)26(29)32)24(30)18-12-21(35-3)19(27)13-20(18)34-2/h4-13,23,30H,14H2,1-3H3/b24-22+. The maximum atomic E-state index is 13.3. The zero-order valence-electron chi connectivity index (χ0n) is 19.3. The number of carbonyl (C=O) groups is 2. The SMILES string of the molecule is COc1ccc(CN2C(=O)C(=O)/C(=C(/O)c3cc(OC)c(Cl)cc3OC)C2c2ccncc2)cc1. The third kappa shape index (κ3) is 4.52. The van der Waals surface area contributed by atoms with Crippen LogP contribution < -0.4 is 14.2 Å². The average molecular weight is 495 g/mol. The molecule has 1 aromatic heterocycles. The van der Waals surface area contributed by atoms with Gasteiger partial charge < -0.3 is 24.2 Å². The molecule has 1 atom stereocenters. The fourth-order valence-corrected chi connectivity index (χ4v) is 4.28. The molecule has 180 valence electrons. The molecule has 0 aliphatic carbocycles. The predicted molar refractivity (Wildman–Crippen MR) is 130 cm³/mol. The first kappa shape index (κ1) is 24.1. The Labute approximate surface area is 207 Å². The number of ether oxygens (including phenoxy) is 3. The Balaban J connectivity index is 1.87. The quantitative estimate of drug-likeness (QED) is 0.295. The Morgan fingerprint density at radius 2 is 1.63 bits per heavy atom. The van der Waals surface area contributed by atoms with Crippen LogP contribution in [0.5, 0.6) is 17.2 Å². The zero-order valence-corrected chi connectivity index (χ0v) is 20.1. The van der Waals surface area contributed by atoms with Gasteiger partial charge in [-0.1, -0.05) is 23.7 Å². The number of methoxy groups -OCH3 is 3. The maximum Gasteiger partial charge on any atom is 0.295 e. The minimum atomic E-state index is -0.855. The van der Waals surface area contributed by atoms with Crippen molar-refractivity contribution < 1.29 is 28.9 Å². The first-order valence-corrected chi connectivity index (χ1v) is 11.0. The Bertz CT molecular complexity index is 1290. The van der Waals surface area contributed by atoms with Crippen LogP contribution in [0.15, 0.2) is 66.5 Å². The second kappa shape index (κ2) is 10.1. The molecule has 1 aliphatic rings. The van der Waals surface area contributed by atoms with E-state index in [0.29, 0.717) is 11.3 Å². The normalized spacial score (nSPS) is 16.9. The molecule has 0 saturated carbocycles. The minimum absolute atomic E-state index is 0.0719. The monoisotopic (exact) mass is 494 g/mol. The molecule has 2 heterocycles. The van der Waals surface area contributed by atoms with Gasteiger partial charge in [0.1, 0.15) is 23.0 Å². The van der Waals surface area contributed by atoms with Crippen LogP contribution in [0.25, 0.3) is 5.76 Å². The molecule has 1 saturated heterocycles. The first-order chi connectivity index (χ1) is 16.9. The molecule has 2 aromatic carbocycles. The summed E-state index contributed by atoms with van der Waals surface area (Å²) in [6, 6.07) is 12.7. The van der Waals surface area contributed by atoms with Crippen molar-refractivity contribution in [1.82, 2.24) is 9.88 Å². The molecule has 1 N–H and O–H groups in total. The Morgan fingerprint density at radius 3 is 2.23 bits per heavy atom. The Morgan fingerprint density at radius 1 is 0.971 bits per heavy atom.